The predicted octanol–water partition coefficient (Wildman–Crippen LogP) is 1.87. The molecule has 1 aliphatic rings. The molecule has 1 fully saturated rings. The number of ether oxygens (including phenoxy) is 2. The van der Waals surface area contributed by atoms with E-state index in [0.717, 1.165) is 19.3 Å². The maximum Gasteiger partial charge on any atom is 0.242 e. The lowest BCUT2D eigenvalue weighted by atomic mass is 10.1. The molecule has 8 heteroatoms. The first-order chi connectivity index (χ1) is 10.4. The highest BCUT2D eigenvalue weighted by Crippen LogP contribution is 2.36. The lowest BCUT2D eigenvalue weighted by Crippen LogP contribution is -2.39. The average molecular weight is 393 g/mol. The van der Waals surface area contributed by atoms with Crippen molar-refractivity contribution in [3.63, 3.8) is 0 Å². The molecule has 6 nitrogen and oxygen atoms in total. The number of hydrogen-bond donors (Lipinski definition) is 2. The molecule has 0 aromatic heterocycles. The van der Waals surface area contributed by atoms with E-state index in [1.54, 1.807) is 6.07 Å². The van der Waals surface area contributed by atoms with E-state index in [0.29, 0.717) is 22.5 Å². The van der Waals surface area contributed by atoms with E-state index in [1.807, 2.05) is 0 Å². The summed E-state index contributed by atoms with van der Waals surface area (Å²) >= 11 is 3.29. The van der Waals surface area contributed by atoms with Crippen molar-refractivity contribution in [1.82, 2.24) is 4.72 Å². The summed E-state index contributed by atoms with van der Waals surface area (Å²) in [5, 5.41) is 0. The van der Waals surface area contributed by atoms with Crippen molar-refractivity contribution in [2.45, 2.75) is 30.2 Å². The summed E-state index contributed by atoms with van der Waals surface area (Å²) < 4.78 is 38.9. The number of halogens is 1. The van der Waals surface area contributed by atoms with E-state index in [1.165, 1.54) is 20.3 Å². The summed E-state index contributed by atoms with van der Waals surface area (Å²) in [4.78, 5) is 0.132. The molecule has 3 N–H and O–H groups in total. The highest BCUT2D eigenvalue weighted by Gasteiger charge is 2.31. The fourth-order valence-corrected chi connectivity index (χ4v) is 5.15. The molecule has 2 rings (SSSR count). The number of methoxy groups -OCH3 is 2. The van der Waals surface area contributed by atoms with Gasteiger partial charge in [-0.1, -0.05) is 6.42 Å². The first-order valence-electron chi connectivity index (χ1n) is 7.07. The largest absolute Gasteiger partial charge is 0.493 e. The van der Waals surface area contributed by atoms with Gasteiger partial charge in [0.15, 0.2) is 11.5 Å². The predicted molar refractivity (Wildman–Crippen MR) is 87.8 cm³/mol. The summed E-state index contributed by atoms with van der Waals surface area (Å²) in [5.41, 5.74) is 5.71. The molecule has 2 unspecified atom stereocenters. The van der Waals surface area contributed by atoms with Crippen LogP contribution in [0.25, 0.3) is 0 Å². The van der Waals surface area contributed by atoms with Crippen molar-refractivity contribution in [2.75, 3.05) is 20.8 Å². The topological polar surface area (TPSA) is 90.7 Å². The fourth-order valence-electron chi connectivity index (χ4n) is 2.78. The monoisotopic (exact) mass is 392 g/mol. The number of hydrogen-bond acceptors (Lipinski definition) is 5. The summed E-state index contributed by atoms with van der Waals surface area (Å²) in [6.45, 7) is 0.486. The first kappa shape index (κ1) is 17.5. The van der Waals surface area contributed by atoms with Crippen molar-refractivity contribution in [3.8, 4) is 11.5 Å². The maximum atomic E-state index is 12.7. The van der Waals surface area contributed by atoms with Crippen LogP contribution < -0.4 is 19.9 Å². The summed E-state index contributed by atoms with van der Waals surface area (Å²) in [6, 6.07) is 2.93. The minimum Gasteiger partial charge on any atom is -0.493 e. The van der Waals surface area contributed by atoms with Gasteiger partial charge in [0.05, 0.1) is 14.2 Å². The van der Waals surface area contributed by atoms with E-state index in [-0.39, 0.29) is 16.9 Å². The standard InChI is InChI=1S/C14H21BrN2O4S/c1-20-12-6-10(15)14(7-13(12)21-2)22(18,19)17-11-5-3-4-9(11)8-16/h6-7,9,11,17H,3-5,8,16H2,1-2H3. The van der Waals surface area contributed by atoms with Crippen LogP contribution in [0.15, 0.2) is 21.5 Å². The second-order valence-electron chi connectivity index (χ2n) is 5.29. The zero-order valence-corrected chi connectivity index (χ0v) is 15.0. The summed E-state index contributed by atoms with van der Waals surface area (Å²) in [5.74, 6) is 1.02. The van der Waals surface area contributed by atoms with Crippen LogP contribution in [0.4, 0.5) is 0 Å². The van der Waals surface area contributed by atoms with Gasteiger partial charge in [0.1, 0.15) is 4.90 Å². The molecule has 1 aliphatic carbocycles. The average Bonchev–Trinajstić information content (AvgIpc) is 2.92. The molecule has 0 amide bonds. The third-order valence-electron chi connectivity index (χ3n) is 4.00. The SMILES string of the molecule is COc1cc(Br)c(S(=O)(=O)NC2CCCC2CN)cc1OC. The Hall–Kier alpha value is -0.830. The molecule has 0 radical (unpaired) electrons. The molecule has 0 heterocycles. The molecule has 1 aromatic carbocycles. The Morgan fingerprint density at radius 3 is 2.50 bits per heavy atom. The number of nitrogens with one attached hydrogen (secondary N) is 1. The minimum atomic E-state index is -3.66. The molecule has 2 atom stereocenters. The Bertz CT molecular complexity index is 636. The lowest BCUT2D eigenvalue weighted by Gasteiger charge is -2.20. The Balaban J connectivity index is 2.33. The fraction of sp³-hybridized carbons (Fsp3) is 0.571. The van der Waals surface area contributed by atoms with E-state index >= 15 is 0 Å². The number of benzene rings is 1. The molecular formula is C14H21BrN2O4S. The Morgan fingerprint density at radius 2 is 1.91 bits per heavy atom. The van der Waals surface area contributed by atoms with Gasteiger partial charge < -0.3 is 15.2 Å². The molecule has 0 spiro atoms. The second-order valence-corrected chi connectivity index (χ2v) is 7.83. The normalized spacial score (nSPS) is 21.8. The van der Waals surface area contributed by atoms with Crippen molar-refractivity contribution in [3.05, 3.63) is 16.6 Å². The highest BCUT2D eigenvalue weighted by atomic mass is 79.9. The summed E-state index contributed by atoms with van der Waals surface area (Å²) in [7, 11) is -0.693. The van der Waals surface area contributed by atoms with Crippen LogP contribution in [0.3, 0.4) is 0 Å². The van der Waals surface area contributed by atoms with Crippen molar-refractivity contribution in [2.24, 2.45) is 11.7 Å². The molecule has 124 valence electrons. The van der Waals surface area contributed by atoms with Crippen LogP contribution >= 0.6 is 15.9 Å². The van der Waals surface area contributed by atoms with Gasteiger partial charge in [-0.2, -0.15) is 0 Å². The van der Waals surface area contributed by atoms with Crippen LogP contribution in [0.2, 0.25) is 0 Å². The van der Waals surface area contributed by atoms with E-state index in [2.05, 4.69) is 20.7 Å². The van der Waals surface area contributed by atoms with Crippen LogP contribution in [-0.2, 0) is 10.0 Å². The van der Waals surface area contributed by atoms with Crippen LogP contribution in [-0.4, -0.2) is 35.2 Å². The van der Waals surface area contributed by atoms with Gasteiger partial charge >= 0.3 is 0 Å². The lowest BCUT2D eigenvalue weighted by molar-refractivity contribution is 0.353. The molecule has 22 heavy (non-hydrogen) atoms. The number of nitrogens with two attached hydrogens (primary N) is 1. The number of rotatable bonds is 6. The van der Waals surface area contributed by atoms with E-state index in [9.17, 15) is 8.42 Å². The van der Waals surface area contributed by atoms with Crippen LogP contribution in [0, 0.1) is 5.92 Å². The molecular weight excluding hydrogens is 372 g/mol. The zero-order chi connectivity index (χ0) is 16.3. The maximum absolute atomic E-state index is 12.7. The van der Waals surface area contributed by atoms with Crippen molar-refractivity contribution in [1.29, 1.82) is 0 Å². The quantitative estimate of drug-likeness (QED) is 0.770. The zero-order valence-electron chi connectivity index (χ0n) is 12.6. The third kappa shape index (κ3) is 3.56. The van der Waals surface area contributed by atoms with Gasteiger partial charge in [0.2, 0.25) is 10.0 Å². The van der Waals surface area contributed by atoms with Crippen LogP contribution in [0.5, 0.6) is 11.5 Å². The summed E-state index contributed by atoms with van der Waals surface area (Å²) in [6.07, 6.45) is 2.75. The highest BCUT2D eigenvalue weighted by molar-refractivity contribution is 9.10. The molecule has 0 saturated heterocycles. The molecule has 1 aromatic rings. The third-order valence-corrected chi connectivity index (χ3v) is 6.44. The van der Waals surface area contributed by atoms with Gasteiger partial charge in [-0.15, -0.1) is 0 Å². The van der Waals surface area contributed by atoms with Gasteiger partial charge in [-0.05, 0) is 47.3 Å². The molecule has 1 saturated carbocycles. The first-order valence-corrected chi connectivity index (χ1v) is 9.34. The van der Waals surface area contributed by atoms with Crippen LogP contribution in [0.1, 0.15) is 19.3 Å². The van der Waals surface area contributed by atoms with Gasteiger partial charge in [0, 0.05) is 16.6 Å². The minimum absolute atomic E-state index is 0.116. The van der Waals surface area contributed by atoms with Crippen molar-refractivity contribution < 1.29 is 17.9 Å². The van der Waals surface area contributed by atoms with E-state index in [4.69, 9.17) is 15.2 Å². The Morgan fingerprint density at radius 1 is 1.27 bits per heavy atom. The van der Waals surface area contributed by atoms with Gasteiger partial charge in [-0.25, -0.2) is 13.1 Å². The Kier molecular flexibility index (Phi) is 5.70. The molecule has 0 bridgehead atoms. The smallest absolute Gasteiger partial charge is 0.242 e. The van der Waals surface area contributed by atoms with Gasteiger partial charge in [-0.3, -0.25) is 0 Å². The number of sulfonamides is 1. The van der Waals surface area contributed by atoms with E-state index < -0.39 is 10.0 Å². The van der Waals surface area contributed by atoms with Crippen molar-refractivity contribution >= 4 is 26.0 Å². The van der Waals surface area contributed by atoms with Gasteiger partial charge in [0.25, 0.3) is 0 Å². The second kappa shape index (κ2) is 7.16. The Labute approximate surface area is 139 Å². The molecule has 0 aliphatic heterocycles.